The summed E-state index contributed by atoms with van der Waals surface area (Å²) in [7, 11) is 0. The van der Waals surface area contributed by atoms with Gasteiger partial charge in [-0.05, 0) is 63.8 Å². The van der Waals surface area contributed by atoms with Gasteiger partial charge in [0.25, 0.3) is 0 Å². The number of halogens is 17. The number of benzene rings is 3. The van der Waals surface area contributed by atoms with Crippen LogP contribution in [-0.2, 0) is 22.6 Å². The zero-order chi connectivity index (χ0) is 37.5. The van der Waals surface area contributed by atoms with Crippen LogP contribution in [0.5, 0.6) is 0 Å². The first-order valence-corrected chi connectivity index (χ1v) is 28.5. The summed E-state index contributed by atoms with van der Waals surface area (Å²) < 4.78 is -8.46. The van der Waals surface area contributed by atoms with Crippen LogP contribution < -0.4 is 0 Å². The fourth-order valence-electron chi connectivity index (χ4n) is 7.66. The first-order valence-electron chi connectivity index (χ1n) is 15.1. The van der Waals surface area contributed by atoms with E-state index in [4.69, 9.17) is 0 Å². The van der Waals surface area contributed by atoms with Crippen LogP contribution >= 0.6 is 271 Å². The van der Waals surface area contributed by atoms with Gasteiger partial charge < -0.3 is 0 Å². The molecule has 0 spiro atoms. The Labute approximate surface area is 436 Å². The Morgan fingerprint density at radius 1 is 0.480 bits per heavy atom. The van der Waals surface area contributed by atoms with Crippen LogP contribution in [0.15, 0.2) is 54.6 Å². The summed E-state index contributed by atoms with van der Waals surface area (Å²) in [6, 6.07) is 19.9. The predicted molar refractivity (Wildman–Crippen MR) is 277 cm³/mol. The number of fused-ring (bicyclic) bond motifs is 1. The highest BCUT2D eigenvalue weighted by Crippen LogP contribution is 2.89. The van der Waals surface area contributed by atoms with E-state index in [1.54, 1.807) is 0 Å². The highest BCUT2D eigenvalue weighted by atomic mass is 79.9. The lowest BCUT2D eigenvalue weighted by molar-refractivity contribution is 0.285. The summed E-state index contributed by atoms with van der Waals surface area (Å²) in [4.78, 5) is 0. The van der Waals surface area contributed by atoms with Gasteiger partial charge >= 0.3 is 0 Å². The number of rotatable bonds is 7. The van der Waals surface area contributed by atoms with Crippen molar-refractivity contribution in [2.24, 2.45) is 5.92 Å². The second-order valence-electron chi connectivity index (χ2n) is 13.1. The van der Waals surface area contributed by atoms with Crippen molar-refractivity contribution >= 4 is 282 Å². The average Bonchev–Trinajstić information content (AvgIpc) is 3.03. The number of hydrogen-bond acceptors (Lipinski definition) is 0. The van der Waals surface area contributed by atoms with Crippen molar-refractivity contribution in [3.63, 3.8) is 0 Å². The predicted octanol–water partition coefficient (Wildman–Crippen LogP) is 18.9. The van der Waals surface area contributed by atoms with Crippen molar-refractivity contribution in [3.8, 4) is 0 Å². The summed E-state index contributed by atoms with van der Waals surface area (Å²) in [5.74, 6) is 0.178. The van der Waals surface area contributed by atoms with Gasteiger partial charge in [-0.2, -0.15) is 0 Å². The Morgan fingerprint density at radius 2 is 0.960 bits per heavy atom. The lowest BCUT2D eigenvalue weighted by atomic mass is 9.60. The third-order valence-corrected chi connectivity index (χ3v) is 45.7. The fourth-order valence-corrected chi connectivity index (χ4v) is 26.8. The molecule has 4 atom stereocenters. The molecule has 3 aliphatic rings. The quantitative estimate of drug-likeness (QED) is 0.163. The summed E-state index contributed by atoms with van der Waals surface area (Å²) in [6.07, 6.45) is 5.45. The van der Waals surface area contributed by atoms with Crippen molar-refractivity contribution in [1.29, 1.82) is 0 Å². The van der Waals surface area contributed by atoms with E-state index in [1.165, 1.54) is 16.3 Å². The van der Waals surface area contributed by atoms with Gasteiger partial charge in [0.1, 0.15) is 31.3 Å². The lowest BCUT2D eigenvalue weighted by Gasteiger charge is -2.72. The molecule has 6 rings (SSSR count). The largest absolute Gasteiger partial charge is 0.136 e. The molecule has 0 saturated heterocycles. The second-order valence-corrected chi connectivity index (χ2v) is 40.9. The van der Waals surface area contributed by atoms with Crippen LogP contribution in [0.1, 0.15) is 60.4 Å². The molecule has 4 unspecified atom stereocenters. The van der Waals surface area contributed by atoms with E-state index in [1.807, 2.05) is 0 Å². The SMILES string of the molecule is CC(CCCCCc1ccc2ccccc2c1)C1(Br)c2ccc3c4c2C(Br)(C(Br)(Br)C1(Br)Br)C(Br)(Br)C(Br)(Br)C4(Br)C(Br)(Br)C(Br)(Br)C3(Br)Br. The number of aryl methyl sites for hydroxylation is 1. The molecule has 0 fully saturated rings. The first-order chi connectivity index (χ1) is 22.7. The molecule has 0 N–H and O–H groups in total. The zero-order valence-electron chi connectivity index (χ0n) is 25.2. The van der Waals surface area contributed by atoms with Crippen LogP contribution in [-0.4, -0.2) is 19.4 Å². The second kappa shape index (κ2) is 14.9. The Kier molecular flexibility index (Phi) is 13.6. The summed E-state index contributed by atoms with van der Waals surface area (Å²) >= 11 is 72.0. The molecule has 3 aromatic carbocycles. The maximum atomic E-state index is 4.46. The van der Waals surface area contributed by atoms with E-state index in [0.29, 0.717) is 0 Å². The van der Waals surface area contributed by atoms with Crippen molar-refractivity contribution in [1.82, 2.24) is 0 Å². The van der Waals surface area contributed by atoms with Gasteiger partial charge in [0, 0.05) is 0 Å². The minimum absolute atomic E-state index is 0.178. The fraction of sp³-hybridized carbons (Fsp3) is 0.515. The van der Waals surface area contributed by atoms with Crippen LogP contribution in [0.4, 0.5) is 0 Å². The number of hydrogen-bond donors (Lipinski definition) is 0. The van der Waals surface area contributed by atoms with Gasteiger partial charge in [0.05, 0.1) is 4.32 Å². The number of unbranched alkanes of at least 4 members (excludes halogenated alkanes) is 2. The molecule has 0 aromatic heterocycles. The smallest absolute Gasteiger partial charge is 0.0772 e. The van der Waals surface area contributed by atoms with Gasteiger partial charge in [0.15, 0.2) is 0 Å². The van der Waals surface area contributed by atoms with Gasteiger partial charge in [-0.1, -0.05) is 345 Å². The molecule has 17 heteroatoms. The Morgan fingerprint density at radius 3 is 1.54 bits per heavy atom. The number of alkyl halides is 17. The van der Waals surface area contributed by atoms with Crippen LogP contribution in [0.25, 0.3) is 10.8 Å². The molecule has 50 heavy (non-hydrogen) atoms. The highest BCUT2D eigenvalue weighted by molar-refractivity contribution is 9.34. The summed E-state index contributed by atoms with van der Waals surface area (Å²) in [6.45, 7) is 2.35. The van der Waals surface area contributed by atoms with Crippen LogP contribution in [0.3, 0.4) is 0 Å². The third-order valence-electron chi connectivity index (χ3n) is 10.5. The van der Waals surface area contributed by atoms with Crippen molar-refractivity contribution < 1.29 is 0 Å². The molecule has 0 heterocycles. The Hall–Kier alpha value is 6.08. The molecule has 0 aliphatic heterocycles. The van der Waals surface area contributed by atoms with Gasteiger partial charge in [0.2, 0.25) is 0 Å². The molecular weight excluding hydrogens is 1750 g/mol. The normalized spacial score (nSPS) is 32.3. The lowest BCUT2D eigenvalue weighted by Crippen LogP contribution is -2.79. The van der Waals surface area contributed by atoms with E-state index in [0.717, 1.165) is 54.4 Å². The molecule has 0 nitrogen and oxygen atoms in total. The van der Waals surface area contributed by atoms with E-state index in [-0.39, 0.29) is 5.92 Å². The third kappa shape index (κ3) is 5.80. The van der Waals surface area contributed by atoms with Crippen molar-refractivity contribution in [2.45, 2.75) is 74.6 Å². The zero-order valence-corrected chi connectivity index (χ0v) is 52.2. The van der Waals surface area contributed by atoms with E-state index in [9.17, 15) is 0 Å². The standard InChI is InChI=1S/C33H23Br17/c1-16(7-3-2-4-8-17-11-12-18-9-5-6-10-19(18)15-17)24(34)20-13-14-21-23-22(20)25(35,29(41,42)28(24,39)40)30(43,44)31(45,46)26(23,36)32(47,48)33(49,50)27(21,37)38/h5-6,9-16H,2-4,7-8H2,1H3. The average molecular weight is 1780 g/mol. The van der Waals surface area contributed by atoms with Crippen LogP contribution in [0, 0.1) is 5.92 Å². The van der Waals surface area contributed by atoms with Gasteiger partial charge in [-0.25, -0.2) is 0 Å². The molecule has 0 amide bonds. The minimum Gasteiger partial charge on any atom is -0.0772 e. The molecule has 0 radical (unpaired) electrons. The first kappa shape index (κ1) is 45.6. The molecule has 0 saturated carbocycles. The van der Waals surface area contributed by atoms with Gasteiger partial charge in [-0.3, -0.25) is 0 Å². The molecule has 3 aliphatic carbocycles. The van der Waals surface area contributed by atoms with Crippen molar-refractivity contribution in [3.05, 3.63) is 82.4 Å². The maximum Gasteiger partial charge on any atom is 0.136 e. The monoisotopic (exact) mass is 1760 g/mol. The van der Waals surface area contributed by atoms with E-state index >= 15 is 0 Å². The summed E-state index contributed by atoms with van der Waals surface area (Å²) in [5.41, 5.74) is 5.73. The molecule has 274 valence electrons. The minimum atomic E-state index is -0.939. The van der Waals surface area contributed by atoms with E-state index in [2.05, 4.69) is 332 Å². The van der Waals surface area contributed by atoms with Gasteiger partial charge in [-0.15, -0.1) is 0 Å². The molecular formula is C33H23Br17. The van der Waals surface area contributed by atoms with E-state index < -0.39 is 35.6 Å². The van der Waals surface area contributed by atoms with Crippen LogP contribution in [0.2, 0.25) is 0 Å². The summed E-state index contributed by atoms with van der Waals surface area (Å²) in [5, 5.41) is 2.60. The molecule has 0 bridgehead atoms. The van der Waals surface area contributed by atoms with Crippen molar-refractivity contribution in [2.75, 3.05) is 0 Å². The maximum absolute atomic E-state index is 4.46. The Balaban J connectivity index is 1.46. The molecule has 3 aromatic rings. The Bertz CT molecular complexity index is 1870. The highest BCUT2D eigenvalue weighted by Gasteiger charge is 2.88. The topological polar surface area (TPSA) is 0 Å².